The smallest absolute Gasteiger partial charge is 0.287 e. The van der Waals surface area contributed by atoms with Gasteiger partial charge in [0.1, 0.15) is 11.3 Å². The number of carbonyl (C=O) groups excluding carboxylic acids is 1. The lowest BCUT2D eigenvalue weighted by Crippen LogP contribution is -2.23. The Morgan fingerprint density at radius 2 is 1.91 bits per heavy atom. The van der Waals surface area contributed by atoms with Crippen LogP contribution in [0.5, 0.6) is 0 Å². The third-order valence-electron chi connectivity index (χ3n) is 3.94. The molecule has 0 saturated carbocycles. The molecule has 5 heteroatoms. The Morgan fingerprint density at radius 1 is 1.18 bits per heavy atom. The summed E-state index contributed by atoms with van der Waals surface area (Å²) in [5.74, 6) is 0.752. The van der Waals surface area contributed by atoms with E-state index in [1.165, 1.54) is 6.39 Å². The van der Waals surface area contributed by atoms with Crippen molar-refractivity contribution in [3.8, 4) is 0 Å². The zero-order valence-electron chi connectivity index (χ0n) is 13.1. The summed E-state index contributed by atoms with van der Waals surface area (Å²) in [5.41, 5.74) is 4.54. The maximum atomic E-state index is 12.4. The number of rotatable bonds is 3. The van der Waals surface area contributed by atoms with Gasteiger partial charge in [-0.15, -0.1) is 0 Å². The number of nitrogens with zero attached hydrogens (tertiary/aromatic N) is 1. The molecule has 0 atom stereocenters. The van der Waals surface area contributed by atoms with Crippen molar-refractivity contribution in [1.29, 1.82) is 0 Å². The molecule has 1 N–H and O–H groups in total. The van der Waals surface area contributed by atoms with Gasteiger partial charge >= 0.3 is 0 Å². The van der Waals surface area contributed by atoms with Crippen LogP contribution in [0.3, 0.4) is 0 Å². The molecule has 2 aromatic heterocycles. The van der Waals surface area contributed by atoms with Crippen molar-refractivity contribution < 1.29 is 13.6 Å². The van der Waals surface area contributed by atoms with E-state index in [1.54, 1.807) is 0 Å². The van der Waals surface area contributed by atoms with Crippen LogP contribution in [0.25, 0.3) is 11.0 Å². The van der Waals surface area contributed by atoms with E-state index in [4.69, 9.17) is 8.83 Å². The Hall–Kier alpha value is -2.56. The fourth-order valence-corrected chi connectivity index (χ4v) is 2.63. The number of carbonyl (C=O) groups is 1. The molecule has 2 heterocycles. The zero-order chi connectivity index (χ0) is 15.9. The molecule has 0 radical (unpaired) electrons. The molecule has 3 rings (SSSR count). The maximum absolute atomic E-state index is 12.4. The molecule has 1 aromatic carbocycles. The maximum Gasteiger partial charge on any atom is 0.287 e. The molecule has 0 spiro atoms. The Labute approximate surface area is 128 Å². The van der Waals surface area contributed by atoms with Crippen molar-refractivity contribution >= 4 is 16.9 Å². The first-order chi connectivity index (χ1) is 10.5. The second-order valence-corrected chi connectivity index (χ2v) is 5.50. The highest BCUT2D eigenvalue weighted by atomic mass is 16.4. The number of oxazole rings is 1. The number of aromatic nitrogens is 1. The number of amides is 1. The van der Waals surface area contributed by atoms with E-state index in [1.807, 2.05) is 39.8 Å². The van der Waals surface area contributed by atoms with E-state index >= 15 is 0 Å². The lowest BCUT2D eigenvalue weighted by Gasteiger charge is -2.02. The minimum atomic E-state index is -0.247. The minimum Gasteiger partial charge on any atom is -0.450 e. The van der Waals surface area contributed by atoms with E-state index in [9.17, 15) is 4.79 Å². The highest BCUT2D eigenvalue weighted by Crippen LogP contribution is 2.30. The largest absolute Gasteiger partial charge is 0.450 e. The van der Waals surface area contributed by atoms with Crippen LogP contribution in [0.15, 0.2) is 27.4 Å². The lowest BCUT2D eigenvalue weighted by molar-refractivity contribution is 0.0921. The van der Waals surface area contributed by atoms with Crippen LogP contribution in [0, 0.1) is 27.7 Å². The molecule has 3 aromatic rings. The molecule has 0 aliphatic carbocycles. The van der Waals surface area contributed by atoms with E-state index in [0.29, 0.717) is 18.1 Å². The summed E-state index contributed by atoms with van der Waals surface area (Å²) in [6.45, 7) is 8.03. The summed E-state index contributed by atoms with van der Waals surface area (Å²) >= 11 is 0. The number of hydrogen-bond donors (Lipinski definition) is 1. The van der Waals surface area contributed by atoms with Gasteiger partial charge in [-0.05, 0) is 38.8 Å². The highest BCUT2D eigenvalue weighted by molar-refractivity contribution is 6.00. The topological polar surface area (TPSA) is 68.3 Å². The van der Waals surface area contributed by atoms with Gasteiger partial charge in [0.25, 0.3) is 5.91 Å². The number of nitrogens with one attached hydrogen (secondary N) is 1. The number of furan rings is 1. The van der Waals surface area contributed by atoms with Crippen LogP contribution in [0.1, 0.15) is 38.7 Å². The van der Waals surface area contributed by atoms with Crippen molar-refractivity contribution in [2.75, 3.05) is 0 Å². The van der Waals surface area contributed by atoms with Crippen LogP contribution in [-0.4, -0.2) is 10.9 Å². The van der Waals surface area contributed by atoms with E-state index in [2.05, 4.69) is 10.3 Å². The molecule has 22 heavy (non-hydrogen) atoms. The number of aryl methyl sites for hydroxylation is 4. The fourth-order valence-electron chi connectivity index (χ4n) is 2.63. The molecular weight excluding hydrogens is 280 g/mol. The second kappa shape index (κ2) is 5.33. The second-order valence-electron chi connectivity index (χ2n) is 5.50. The van der Waals surface area contributed by atoms with Gasteiger partial charge < -0.3 is 14.2 Å². The minimum absolute atomic E-state index is 0.247. The van der Waals surface area contributed by atoms with Crippen molar-refractivity contribution in [2.24, 2.45) is 0 Å². The molecule has 0 unspecified atom stereocenters. The standard InChI is InChI=1S/C17H18N2O3/c1-9-5-6-10(2)15-14(9)11(3)16(22-15)17(20)18-7-13-12(4)19-8-21-13/h5-6,8H,7H2,1-4H3,(H,18,20). The van der Waals surface area contributed by atoms with Crippen LogP contribution in [-0.2, 0) is 6.54 Å². The normalized spacial score (nSPS) is 11.1. The van der Waals surface area contributed by atoms with E-state index < -0.39 is 0 Å². The SMILES string of the molecule is Cc1ncoc1CNC(=O)c1oc2c(C)ccc(C)c2c1C. The number of fused-ring (bicyclic) bond motifs is 1. The van der Waals surface area contributed by atoms with Gasteiger partial charge in [0.05, 0.1) is 12.2 Å². The van der Waals surface area contributed by atoms with Gasteiger partial charge in [-0.2, -0.15) is 0 Å². The Kier molecular flexibility index (Phi) is 3.48. The predicted molar refractivity (Wildman–Crippen MR) is 82.8 cm³/mol. The van der Waals surface area contributed by atoms with Gasteiger partial charge in [0.15, 0.2) is 12.2 Å². The third-order valence-corrected chi connectivity index (χ3v) is 3.94. The van der Waals surface area contributed by atoms with Crippen molar-refractivity contribution in [2.45, 2.75) is 34.2 Å². The van der Waals surface area contributed by atoms with Gasteiger partial charge in [-0.25, -0.2) is 4.98 Å². The number of benzene rings is 1. The van der Waals surface area contributed by atoms with Crippen LogP contribution in [0.2, 0.25) is 0 Å². The first kappa shape index (κ1) is 14.4. The van der Waals surface area contributed by atoms with Crippen molar-refractivity contribution in [1.82, 2.24) is 10.3 Å². The van der Waals surface area contributed by atoms with Crippen LogP contribution < -0.4 is 5.32 Å². The fraction of sp³-hybridized carbons (Fsp3) is 0.294. The number of hydrogen-bond acceptors (Lipinski definition) is 4. The quantitative estimate of drug-likeness (QED) is 0.802. The van der Waals surface area contributed by atoms with Crippen molar-refractivity contribution in [3.63, 3.8) is 0 Å². The average molecular weight is 298 g/mol. The molecule has 5 nitrogen and oxygen atoms in total. The average Bonchev–Trinajstić information content (AvgIpc) is 3.05. The molecule has 0 fully saturated rings. The molecule has 1 amide bonds. The summed E-state index contributed by atoms with van der Waals surface area (Å²) in [5, 5.41) is 3.83. The first-order valence-electron chi connectivity index (χ1n) is 7.15. The Balaban J connectivity index is 1.91. The highest BCUT2D eigenvalue weighted by Gasteiger charge is 2.20. The van der Waals surface area contributed by atoms with E-state index in [-0.39, 0.29) is 5.91 Å². The first-order valence-corrected chi connectivity index (χ1v) is 7.15. The molecule has 0 aliphatic rings. The monoisotopic (exact) mass is 298 g/mol. The zero-order valence-corrected chi connectivity index (χ0v) is 13.1. The Morgan fingerprint density at radius 3 is 2.55 bits per heavy atom. The van der Waals surface area contributed by atoms with Crippen LogP contribution >= 0.6 is 0 Å². The summed E-state index contributed by atoms with van der Waals surface area (Å²) in [4.78, 5) is 16.4. The molecular formula is C17H18N2O3. The van der Waals surface area contributed by atoms with E-state index in [0.717, 1.165) is 33.4 Å². The van der Waals surface area contributed by atoms with Gasteiger partial charge in [0.2, 0.25) is 0 Å². The van der Waals surface area contributed by atoms with Gasteiger partial charge in [0, 0.05) is 10.9 Å². The van der Waals surface area contributed by atoms with Crippen molar-refractivity contribution in [3.05, 3.63) is 52.4 Å². The predicted octanol–water partition coefficient (Wildman–Crippen LogP) is 3.58. The summed E-state index contributed by atoms with van der Waals surface area (Å²) in [6.07, 6.45) is 1.37. The van der Waals surface area contributed by atoms with Crippen LogP contribution in [0.4, 0.5) is 0 Å². The third kappa shape index (κ3) is 2.28. The van der Waals surface area contributed by atoms with Gasteiger partial charge in [-0.3, -0.25) is 4.79 Å². The molecule has 114 valence electrons. The Bertz CT molecular complexity index is 858. The molecule has 0 bridgehead atoms. The summed E-state index contributed by atoms with van der Waals surface area (Å²) in [6, 6.07) is 4.04. The summed E-state index contributed by atoms with van der Waals surface area (Å²) in [7, 11) is 0. The molecule has 0 saturated heterocycles. The summed E-state index contributed by atoms with van der Waals surface area (Å²) < 4.78 is 11.0. The lowest BCUT2D eigenvalue weighted by atomic mass is 10.0. The van der Waals surface area contributed by atoms with Gasteiger partial charge in [-0.1, -0.05) is 12.1 Å². The molecule has 0 aliphatic heterocycles.